The van der Waals surface area contributed by atoms with Crippen LogP contribution in [-0.4, -0.2) is 31.8 Å². The fourth-order valence-electron chi connectivity index (χ4n) is 2.86. The van der Waals surface area contributed by atoms with Crippen molar-refractivity contribution in [2.24, 2.45) is 0 Å². The Kier molecular flexibility index (Phi) is 3.20. The maximum Gasteiger partial charge on any atom is 0.220 e. The van der Waals surface area contributed by atoms with Crippen LogP contribution in [0, 0.1) is 0 Å². The van der Waals surface area contributed by atoms with Crippen molar-refractivity contribution in [3.63, 3.8) is 0 Å². The molecule has 108 valence electrons. The molecule has 2 heterocycles. The zero-order valence-corrected chi connectivity index (χ0v) is 11.8. The van der Waals surface area contributed by atoms with Crippen molar-refractivity contribution in [3.05, 3.63) is 17.7 Å². The Labute approximate surface area is 118 Å². The maximum atomic E-state index is 11.4. The standard InChI is InChI=1S/C15H19NO4/c1-15(4-3-13(17)16-15)9-10-7-11(18-2)14-12(8-10)19-5-6-20-14/h7-8H,3-6,9H2,1-2H3,(H,16,17). The van der Waals surface area contributed by atoms with Crippen molar-refractivity contribution in [2.45, 2.75) is 31.7 Å². The summed E-state index contributed by atoms with van der Waals surface area (Å²) in [7, 11) is 1.62. The lowest BCUT2D eigenvalue weighted by atomic mass is 9.91. The van der Waals surface area contributed by atoms with Crippen LogP contribution in [0.25, 0.3) is 0 Å². The van der Waals surface area contributed by atoms with Gasteiger partial charge in [0.25, 0.3) is 0 Å². The molecule has 0 spiro atoms. The highest BCUT2D eigenvalue weighted by Gasteiger charge is 2.33. The summed E-state index contributed by atoms with van der Waals surface area (Å²) < 4.78 is 16.6. The molecule has 5 nitrogen and oxygen atoms in total. The number of carbonyl (C=O) groups excluding carboxylic acids is 1. The zero-order valence-electron chi connectivity index (χ0n) is 11.8. The normalized spacial score (nSPS) is 24.4. The summed E-state index contributed by atoms with van der Waals surface area (Å²) >= 11 is 0. The van der Waals surface area contributed by atoms with Gasteiger partial charge in [-0.05, 0) is 37.5 Å². The van der Waals surface area contributed by atoms with E-state index in [4.69, 9.17) is 14.2 Å². The Morgan fingerprint density at radius 1 is 1.35 bits per heavy atom. The average molecular weight is 277 g/mol. The summed E-state index contributed by atoms with van der Waals surface area (Å²) in [6, 6.07) is 3.94. The quantitative estimate of drug-likeness (QED) is 0.913. The second-order valence-electron chi connectivity index (χ2n) is 5.61. The first-order valence-electron chi connectivity index (χ1n) is 6.87. The molecular formula is C15H19NO4. The molecule has 0 radical (unpaired) electrons. The number of methoxy groups -OCH3 is 1. The van der Waals surface area contributed by atoms with E-state index in [1.54, 1.807) is 7.11 Å². The van der Waals surface area contributed by atoms with Crippen molar-refractivity contribution < 1.29 is 19.0 Å². The van der Waals surface area contributed by atoms with Crippen LogP contribution in [0.4, 0.5) is 0 Å². The van der Waals surface area contributed by atoms with Gasteiger partial charge in [0.15, 0.2) is 11.5 Å². The van der Waals surface area contributed by atoms with E-state index in [2.05, 4.69) is 12.2 Å². The molecule has 3 rings (SSSR count). The van der Waals surface area contributed by atoms with Crippen molar-refractivity contribution in [1.29, 1.82) is 0 Å². The summed E-state index contributed by atoms with van der Waals surface area (Å²) in [6.07, 6.45) is 2.20. The van der Waals surface area contributed by atoms with Crippen LogP contribution in [0.15, 0.2) is 12.1 Å². The van der Waals surface area contributed by atoms with E-state index >= 15 is 0 Å². The lowest BCUT2D eigenvalue weighted by Crippen LogP contribution is -2.40. The lowest BCUT2D eigenvalue weighted by molar-refractivity contribution is -0.119. The molecule has 2 aliphatic rings. The van der Waals surface area contributed by atoms with Crippen molar-refractivity contribution in [2.75, 3.05) is 20.3 Å². The van der Waals surface area contributed by atoms with Gasteiger partial charge in [0.2, 0.25) is 11.7 Å². The van der Waals surface area contributed by atoms with Gasteiger partial charge in [0.1, 0.15) is 13.2 Å². The van der Waals surface area contributed by atoms with E-state index in [-0.39, 0.29) is 11.4 Å². The van der Waals surface area contributed by atoms with Crippen LogP contribution in [-0.2, 0) is 11.2 Å². The molecule has 1 saturated heterocycles. The molecule has 1 N–H and O–H groups in total. The molecule has 0 aromatic heterocycles. The lowest BCUT2D eigenvalue weighted by Gasteiger charge is -2.26. The van der Waals surface area contributed by atoms with Crippen LogP contribution in [0.1, 0.15) is 25.3 Å². The second-order valence-corrected chi connectivity index (χ2v) is 5.61. The summed E-state index contributed by atoms with van der Waals surface area (Å²) in [5.41, 5.74) is 0.891. The third-order valence-electron chi connectivity index (χ3n) is 3.83. The van der Waals surface area contributed by atoms with Gasteiger partial charge < -0.3 is 19.5 Å². The number of ether oxygens (including phenoxy) is 3. The first-order chi connectivity index (χ1) is 9.59. The summed E-state index contributed by atoms with van der Waals surface area (Å²) in [5, 5.41) is 3.04. The number of amides is 1. The SMILES string of the molecule is COc1cc(CC2(C)CCC(=O)N2)cc2c1OCCO2. The first-order valence-corrected chi connectivity index (χ1v) is 6.87. The minimum absolute atomic E-state index is 0.122. The van der Waals surface area contributed by atoms with Gasteiger partial charge in [-0.1, -0.05) is 0 Å². The minimum Gasteiger partial charge on any atom is -0.493 e. The van der Waals surface area contributed by atoms with Gasteiger partial charge in [-0.2, -0.15) is 0 Å². The predicted octanol–water partition coefficient (Wildman–Crippen LogP) is 1.68. The molecule has 1 fully saturated rings. The Bertz CT molecular complexity index is 526. The van der Waals surface area contributed by atoms with Crippen molar-refractivity contribution >= 4 is 5.91 Å². The number of hydrogen-bond donors (Lipinski definition) is 1. The number of nitrogens with one attached hydrogen (secondary N) is 1. The zero-order chi connectivity index (χ0) is 14.2. The Hall–Kier alpha value is -1.91. The molecule has 0 saturated carbocycles. The Morgan fingerprint density at radius 2 is 2.15 bits per heavy atom. The van der Waals surface area contributed by atoms with Gasteiger partial charge in [0.05, 0.1) is 7.11 Å². The molecule has 1 atom stereocenters. The van der Waals surface area contributed by atoms with Gasteiger partial charge in [-0.15, -0.1) is 0 Å². The predicted molar refractivity (Wildman–Crippen MR) is 73.5 cm³/mol. The molecule has 0 aliphatic carbocycles. The average Bonchev–Trinajstić information content (AvgIpc) is 2.77. The van der Waals surface area contributed by atoms with Crippen LogP contribution in [0.2, 0.25) is 0 Å². The highest BCUT2D eigenvalue weighted by atomic mass is 16.6. The number of fused-ring (bicyclic) bond motifs is 1. The highest BCUT2D eigenvalue weighted by Crippen LogP contribution is 2.41. The van der Waals surface area contributed by atoms with Gasteiger partial charge in [-0.3, -0.25) is 4.79 Å². The molecule has 1 aromatic rings. The van der Waals surface area contributed by atoms with Crippen LogP contribution in [0.3, 0.4) is 0 Å². The van der Waals surface area contributed by atoms with Gasteiger partial charge in [0, 0.05) is 12.0 Å². The van der Waals surface area contributed by atoms with E-state index in [0.717, 1.165) is 24.2 Å². The van der Waals surface area contributed by atoms with Crippen molar-refractivity contribution in [3.8, 4) is 17.2 Å². The number of hydrogen-bond acceptors (Lipinski definition) is 4. The molecule has 0 bridgehead atoms. The van der Waals surface area contributed by atoms with E-state index in [0.29, 0.717) is 31.1 Å². The molecular weight excluding hydrogens is 258 g/mol. The molecule has 1 aromatic carbocycles. The largest absolute Gasteiger partial charge is 0.493 e. The van der Waals surface area contributed by atoms with Gasteiger partial charge in [-0.25, -0.2) is 0 Å². The van der Waals surface area contributed by atoms with E-state index < -0.39 is 0 Å². The highest BCUT2D eigenvalue weighted by molar-refractivity contribution is 5.79. The Morgan fingerprint density at radius 3 is 2.85 bits per heavy atom. The first kappa shape index (κ1) is 13.1. The third-order valence-corrected chi connectivity index (χ3v) is 3.83. The smallest absolute Gasteiger partial charge is 0.220 e. The molecule has 1 unspecified atom stereocenters. The number of rotatable bonds is 3. The summed E-state index contributed by atoms with van der Waals surface area (Å²) in [6.45, 7) is 3.16. The molecule has 2 aliphatic heterocycles. The topological polar surface area (TPSA) is 56.8 Å². The monoisotopic (exact) mass is 277 g/mol. The maximum absolute atomic E-state index is 11.4. The number of benzene rings is 1. The van der Waals surface area contributed by atoms with Crippen LogP contribution < -0.4 is 19.5 Å². The molecule has 20 heavy (non-hydrogen) atoms. The third kappa shape index (κ3) is 2.40. The fraction of sp³-hybridized carbons (Fsp3) is 0.533. The molecule has 1 amide bonds. The van der Waals surface area contributed by atoms with Crippen molar-refractivity contribution in [1.82, 2.24) is 5.32 Å². The molecule has 5 heteroatoms. The van der Waals surface area contributed by atoms with Crippen LogP contribution in [0.5, 0.6) is 17.2 Å². The second kappa shape index (κ2) is 4.89. The number of carbonyl (C=O) groups is 1. The fourth-order valence-corrected chi connectivity index (χ4v) is 2.86. The minimum atomic E-state index is -0.189. The van der Waals surface area contributed by atoms with E-state index in [9.17, 15) is 4.79 Å². The van der Waals surface area contributed by atoms with E-state index in [1.807, 2.05) is 12.1 Å². The van der Waals surface area contributed by atoms with Gasteiger partial charge >= 0.3 is 0 Å². The van der Waals surface area contributed by atoms with E-state index in [1.165, 1.54) is 0 Å². The Balaban J connectivity index is 1.88. The van der Waals surface area contributed by atoms with Crippen LogP contribution >= 0.6 is 0 Å². The summed E-state index contributed by atoms with van der Waals surface area (Å²) in [5.74, 6) is 2.20. The summed E-state index contributed by atoms with van der Waals surface area (Å²) in [4.78, 5) is 11.4.